The van der Waals surface area contributed by atoms with Gasteiger partial charge in [-0.15, -0.1) is 11.8 Å². The highest BCUT2D eigenvalue weighted by Gasteiger charge is 2.57. The lowest BCUT2D eigenvalue weighted by atomic mass is 9.72. The summed E-state index contributed by atoms with van der Waals surface area (Å²) in [4.78, 5) is 164. The predicted molar refractivity (Wildman–Crippen MR) is 264 cm³/mol. The van der Waals surface area contributed by atoms with Crippen LogP contribution in [0.15, 0.2) is 24.3 Å². The summed E-state index contributed by atoms with van der Waals surface area (Å²) in [6, 6.07) is 5.49. The van der Waals surface area contributed by atoms with Crippen LogP contribution in [0.5, 0.6) is 0 Å². The van der Waals surface area contributed by atoms with Crippen molar-refractivity contribution in [3.63, 3.8) is 0 Å². The Labute approximate surface area is 433 Å². The Hall–Kier alpha value is -5.22. The van der Waals surface area contributed by atoms with E-state index in [1.54, 1.807) is 24.3 Å². The van der Waals surface area contributed by atoms with E-state index in [0.29, 0.717) is 25.1 Å². The van der Waals surface area contributed by atoms with Gasteiger partial charge in [0, 0.05) is 63.2 Å². The van der Waals surface area contributed by atoms with Crippen molar-refractivity contribution in [3.8, 4) is 0 Å². The average molecular weight is 1080 g/mol. The van der Waals surface area contributed by atoms with Gasteiger partial charge in [-0.1, -0.05) is 33.7 Å². The maximum atomic E-state index is 13.4. The SMILES string of the molecule is CC(=O)C1(C(=O)CCN2C(=O)CC(SC[C@H](NC(=O)COCC(=O)Nc3ccc(CCC(=O)N4CCC4=O)cc3)C(=O)NCCOCCOCCOCCOCCC(=O)C(C(C)=O)(C(C)=O)C(C)=O)C2=O)SS1. The van der Waals surface area contributed by atoms with Crippen molar-refractivity contribution >= 4 is 115 Å². The van der Waals surface area contributed by atoms with Crippen molar-refractivity contribution in [3.05, 3.63) is 29.8 Å². The third-order valence-corrected chi connectivity index (χ3v) is 15.9. The number of benzene rings is 1. The van der Waals surface area contributed by atoms with Crippen molar-refractivity contribution in [2.45, 2.75) is 81.6 Å². The van der Waals surface area contributed by atoms with Crippen LogP contribution >= 0.6 is 33.3 Å². The molecule has 0 radical (unpaired) electrons. The molecule has 400 valence electrons. The minimum atomic E-state index is -2.31. The molecule has 73 heavy (non-hydrogen) atoms. The molecule has 3 aliphatic rings. The normalized spacial score (nSPS) is 16.3. The lowest BCUT2D eigenvalue weighted by molar-refractivity contribution is -0.155. The van der Waals surface area contributed by atoms with E-state index in [1.165, 1.54) is 11.8 Å². The van der Waals surface area contributed by atoms with Crippen LogP contribution in [0.2, 0.25) is 0 Å². The number of hydrogen-bond acceptors (Lipinski definition) is 21. The van der Waals surface area contributed by atoms with Crippen molar-refractivity contribution in [1.82, 2.24) is 20.4 Å². The molecule has 1 aromatic rings. The smallest absolute Gasteiger partial charge is 0.250 e. The number of thioether (sulfide) groups is 1. The van der Waals surface area contributed by atoms with E-state index in [1.807, 2.05) is 0 Å². The number of ether oxygens (including phenoxy) is 5. The van der Waals surface area contributed by atoms with Crippen LogP contribution in [0.3, 0.4) is 0 Å². The highest BCUT2D eigenvalue weighted by molar-refractivity contribution is 8.94. The molecule has 3 fully saturated rings. The Morgan fingerprint density at radius 1 is 0.726 bits per heavy atom. The molecule has 3 saturated heterocycles. The third-order valence-electron chi connectivity index (χ3n) is 11.6. The molecule has 1 unspecified atom stereocenters. The van der Waals surface area contributed by atoms with Gasteiger partial charge in [0.15, 0.2) is 38.8 Å². The van der Waals surface area contributed by atoms with E-state index in [0.717, 1.165) is 64.6 Å². The quantitative estimate of drug-likeness (QED) is 0.0200. The summed E-state index contributed by atoms with van der Waals surface area (Å²) in [6.45, 7) is 4.44. The van der Waals surface area contributed by atoms with Crippen LogP contribution in [0.25, 0.3) is 0 Å². The molecule has 7 amide bonds. The van der Waals surface area contributed by atoms with Gasteiger partial charge in [-0.3, -0.25) is 72.1 Å². The zero-order chi connectivity index (χ0) is 53.7. The number of aryl methyl sites for hydroxylation is 1. The summed E-state index contributed by atoms with van der Waals surface area (Å²) < 4.78 is 25.9. The lowest BCUT2D eigenvalue weighted by Crippen LogP contribution is -2.50. The molecule has 3 aliphatic heterocycles. The molecule has 0 aliphatic carbocycles. The number of nitrogens with one attached hydrogen (secondary N) is 3. The molecular weight excluding hydrogens is 1020 g/mol. The first-order chi connectivity index (χ1) is 34.7. The summed E-state index contributed by atoms with van der Waals surface area (Å²) in [5.74, 6) is -7.64. The monoisotopic (exact) mass is 1080 g/mol. The van der Waals surface area contributed by atoms with E-state index < -0.39 is 86.7 Å². The molecular formula is C47H61N5O18S3. The van der Waals surface area contributed by atoms with E-state index in [9.17, 15) is 62.3 Å². The highest BCUT2D eigenvalue weighted by Crippen LogP contribution is 2.66. The number of ketones is 6. The fourth-order valence-electron chi connectivity index (χ4n) is 7.45. The zero-order valence-electron chi connectivity index (χ0n) is 41.1. The number of likely N-dealkylation sites (tertiary alicyclic amines) is 2. The van der Waals surface area contributed by atoms with Crippen LogP contribution in [-0.2, 0) is 92.4 Å². The number of imide groups is 2. The molecule has 0 spiro atoms. The Kier molecular flexibility index (Phi) is 24.5. The van der Waals surface area contributed by atoms with E-state index in [2.05, 4.69) is 16.0 Å². The fraction of sp³-hybridized carbons (Fsp3) is 0.596. The molecule has 3 heterocycles. The number of β-lactam (4-membered cyclic amide) rings is 1. The lowest BCUT2D eigenvalue weighted by Gasteiger charge is -2.28. The topological polar surface area (TPSA) is 311 Å². The molecule has 0 saturated carbocycles. The largest absolute Gasteiger partial charge is 0.379 e. The first kappa shape index (κ1) is 60.3. The summed E-state index contributed by atoms with van der Waals surface area (Å²) in [7, 11) is 2.26. The third kappa shape index (κ3) is 17.7. The van der Waals surface area contributed by atoms with E-state index in [4.69, 9.17) is 23.7 Å². The molecule has 26 heteroatoms. The molecule has 0 aromatic heterocycles. The van der Waals surface area contributed by atoms with E-state index in [-0.39, 0.29) is 121 Å². The number of carbonyl (C=O) groups is 13. The van der Waals surface area contributed by atoms with Gasteiger partial charge in [0.05, 0.1) is 58.1 Å². The van der Waals surface area contributed by atoms with Gasteiger partial charge in [0.1, 0.15) is 19.3 Å². The van der Waals surface area contributed by atoms with Gasteiger partial charge in [-0.25, -0.2) is 0 Å². The van der Waals surface area contributed by atoms with Gasteiger partial charge in [0.2, 0.25) is 46.8 Å². The van der Waals surface area contributed by atoms with Crippen molar-refractivity contribution in [2.24, 2.45) is 5.41 Å². The zero-order valence-corrected chi connectivity index (χ0v) is 43.5. The van der Waals surface area contributed by atoms with Gasteiger partial charge in [-0.05, 0) is 51.8 Å². The standard InChI is InChI=1S/C47H61N5O18S3/c1-29(53)46(30(2)54,31(3)55)37(57)13-17-66-19-21-68-23-24-69-22-20-67-18-14-48-44(64)35(28-71-36-25-43(63)52(45(36)65)15-11-38(58)47(32(4)56)72-73-47)50-40(60)27-70-26-39(59)49-34-8-5-33(6-9-34)7-10-41(61)51-16-12-42(51)62/h5-6,8-9,35-36H,7,10-28H2,1-4H3,(H,48,64)(H,49,59)(H,50,60)/t35-,36?/m0/s1. The van der Waals surface area contributed by atoms with Gasteiger partial charge >= 0.3 is 0 Å². The second-order valence-electron chi connectivity index (χ2n) is 16.8. The minimum Gasteiger partial charge on any atom is -0.379 e. The maximum absolute atomic E-state index is 13.4. The number of carbonyl (C=O) groups excluding carboxylic acids is 13. The number of amides is 7. The second-order valence-corrected chi connectivity index (χ2v) is 20.9. The van der Waals surface area contributed by atoms with E-state index >= 15 is 0 Å². The maximum Gasteiger partial charge on any atom is 0.250 e. The van der Waals surface area contributed by atoms with Crippen LogP contribution in [0, 0.1) is 5.41 Å². The molecule has 23 nitrogen and oxygen atoms in total. The summed E-state index contributed by atoms with van der Waals surface area (Å²) in [5, 5.41) is 6.92. The van der Waals surface area contributed by atoms with Crippen molar-refractivity contribution in [2.75, 3.05) is 96.8 Å². The van der Waals surface area contributed by atoms with Gasteiger partial charge in [-0.2, -0.15) is 0 Å². The van der Waals surface area contributed by atoms with Crippen LogP contribution < -0.4 is 16.0 Å². The summed E-state index contributed by atoms with van der Waals surface area (Å²) >= 11 is 0.962. The average Bonchev–Trinajstić information content (AvgIpc) is 4.10. The Balaban J connectivity index is 1.15. The highest BCUT2D eigenvalue weighted by atomic mass is 33.2. The first-order valence-electron chi connectivity index (χ1n) is 23.4. The fourth-order valence-corrected chi connectivity index (χ4v) is 10.9. The molecule has 3 N–H and O–H groups in total. The molecule has 1 aromatic carbocycles. The van der Waals surface area contributed by atoms with Gasteiger partial charge in [0.25, 0.3) is 0 Å². The van der Waals surface area contributed by atoms with Crippen LogP contribution in [0.1, 0.15) is 65.4 Å². The Morgan fingerprint density at radius 2 is 1.30 bits per heavy atom. The summed E-state index contributed by atoms with van der Waals surface area (Å²) in [6.07, 6.45) is 0.245. The van der Waals surface area contributed by atoms with Crippen molar-refractivity contribution < 1.29 is 86.0 Å². The number of hydrogen-bond donors (Lipinski definition) is 3. The van der Waals surface area contributed by atoms with Crippen molar-refractivity contribution in [1.29, 1.82) is 0 Å². The van der Waals surface area contributed by atoms with Crippen LogP contribution in [-0.4, -0.2) is 193 Å². The predicted octanol–water partition coefficient (Wildman–Crippen LogP) is 0.213. The molecule has 2 atom stereocenters. The number of Topliss-reactive ketones (excluding diaryl/α,β-unsaturated/α-hetero) is 6. The number of anilines is 1. The molecule has 0 bridgehead atoms. The minimum absolute atomic E-state index is 0.0141. The number of nitrogens with zero attached hydrogens (tertiary/aromatic N) is 2. The second kappa shape index (κ2) is 29.6. The Bertz CT molecular complexity index is 2220. The van der Waals surface area contributed by atoms with Gasteiger partial charge < -0.3 is 39.6 Å². The Morgan fingerprint density at radius 3 is 1.84 bits per heavy atom. The van der Waals surface area contributed by atoms with Crippen LogP contribution in [0.4, 0.5) is 5.69 Å². The number of rotatable bonds is 37. The summed E-state index contributed by atoms with van der Waals surface area (Å²) in [5.41, 5.74) is -1.05. The molecule has 4 rings (SSSR count). The first-order valence-corrected chi connectivity index (χ1v) is 26.6.